The van der Waals surface area contributed by atoms with Gasteiger partial charge < -0.3 is 14.7 Å². The highest BCUT2D eigenvalue weighted by Gasteiger charge is 2.17. The summed E-state index contributed by atoms with van der Waals surface area (Å²) in [7, 11) is 2.22. The van der Waals surface area contributed by atoms with Crippen LogP contribution < -0.4 is 5.32 Å². The monoisotopic (exact) mass is 306 g/mol. The number of nitrogens with zero attached hydrogens (tertiary/aromatic N) is 3. The molecule has 1 N–H and O–H groups in total. The summed E-state index contributed by atoms with van der Waals surface area (Å²) in [5, 5.41) is 9.48. The molecule has 0 bridgehead atoms. The molecule has 0 aliphatic carbocycles. The van der Waals surface area contributed by atoms with Crippen LogP contribution in [0, 0.1) is 0 Å². The molecule has 2 aromatic heterocycles. The van der Waals surface area contributed by atoms with Crippen LogP contribution in [0.15, 0.2) is 22.0 Å². The first kappa shape index (κ1) is 14.7. The van der Waals surface area contributed by atoms with Crippen LogP contribution in [-0.2, 0) is 6.42 Å². The van der Waals surface area contributed by atoms with E-state index in [-0.39, 0.29) is 0 Å². The Labute approximate surface area is 129 Å². The van der Waals surface area contributed by atoms with E-state index in [1.807, 2.05) is 17.5 Å². The summed E-state index contributed by atoms with van der Waals surface area (Å²) in [6.07, 6.45) is 4.42. The molecule has 0 aromatic carbocycles. The molecule has 3 rings (SSSR count). The molecule has 0 atom stereocenters. The summed E-state index contributed by atoms with van der Waals surface area (Å²) >= 11 is 1.64. The molecule has 21 heavy (non-hydrogen) atoms. The number of aryl methyl sites for hydroxylation is 1. The number of thiophene rings is 1. The molecule has 6 heteroatoms. The SMILES string of the molecule is CN(CCCc1nc(-c2cccs2)no1)C1CCNCC1. The maximum absolute atomic E-state index is 5.33. The summed E-state index contributed by atoms with van der Waals surface area (Å²) in [5.74, 6) is 1.46. The highest BCUT2D eigenvalue weighted by molar-refractivity contribution is 7.13. The van der Waals surface area contributed by atoms with E-state index >= 15 is 0 Å². The van der Waals surface area contributed by atoms with Crippen LogP contribution in [0.25, 0.3) is 10.7 Å². The van der Waals surface area contributed by atoms with E-state index in [1.165, 1.54) is 12.8 Å². The van der Waals surface area contributed by atoms with Crippen molar-refractivity contribution < 1.29 is 4.52 Å². The van der Waals surface area contributed by atoms with Gasteiger partial charge in [0.05, 0.1) is 4.88 Å². The van der Waals surface area contributed by atoms with Crippen molar-refractivity contribution in [3.8, 4) is 10.7 Å². The van der Waals surface area contributed by atoms with Crippen LogP contribution in [0.5, 0.6) is 0 Å². The Bertz CT molecular complexity index is 534. The van der Waals surface area contributed by atoms with Crippen molar-refractivity contribution >= 4 is 11.3 Å². The summed E-state index contributed by atoms with van der Waals surface area (Å²) in [6, 6.07) is 4.74. The Kier molecular flexibility index (Phi) is 5.00. The van der Waals surface area contributed by atoms with E-state index in [9.17, 15) is 0 Å². The lowest BCUT2D eigenvalue weighted by Crippen LogP contribution is -2.41. The van der Waals surface area contributed by atoms with Crippen LogP contribution in [0.4, 0.5) is 0 Å². The predicted molar refractivity (Wildman–Crippen MR) is 84.5 cm³/mol. The van der Waals surface area contributed by atoms with Crippen LogP contribution in [0.1, 0.15) is 25.2 Å². The molecular formula is C15H22N4OS. The van der Waals surface area contributed by atoms with Crippen LogP contribution in [-0.4, -0.2) is 47.8 Å². The number of hydrogen-bond donors (Lipinski definition) is 1. The number of hydrogen-bond acceptors (Lipinski definition) is 6. The zero-order valence-corrected chi connectivity index (χ0v) is 13.2. The molecule has 0 spiro atoms. The molecular weight excluding hydrogens is 284 g/mol. The van der Waals surface area contributed by atoms with Crippen molar-refractivity contribution in [2.75, 3.05) is 26.7 Å². The molecule has 1 fully saturated rings. The fourth-order valence-electron chi connectivity index (χ4n) is 2.77. The van der Waals surface area contributed by atoms with Crippen molar-refractivity contribution in [1.29, 1.82) is 0 Å². The Morgan fingerprint density at radius 3 is 3.05 bits per heavy atom. The summed E-state index contributed by atoms with van der Waals surface area (Å²) in [5.41, 5.74) is 0. The van der Waals surface area contributed by atoms with Gasteiger partial charge in [0.1, 0.15) is 0 Å². The molecule has 3 heterocycles. The quantitative estimate of drug-likeness (QED) is 0.888. The van der Waals surface area contributed by atoms with Crippen molar-refractivity contribution in [3.05, 3.63) is 23.4 Å². The van der Waals surface area contributed by atoms with Gasteiger partial charge in [-0.15, -0.1) is 11.3 Å². The van der Waals surface area contributed by atoms with Gasteiger partial charge in [0.25, 0.3) is 0 Å². The highest BCUT2D eigenvalue weighted by atomic mass is 32.1. The maximum Gasteiger partial charge on any atom is 0.227 e. The predicted octanol–water partition coefficient (Wildman–Crippen LogP) is 2.41. The van der Waals surface area contributed by atoms with E-state index in [0.29, 0.717) is 5.82 Å². The summed E-state index contributed by atoms with van der Waals surface area (Å²) < 4.78 is 5.33. The van der Waals surface area contributed by atoms with E-state index in [1.54, 1.807) is 11.3 Å². The van der Waals surface area contributed by atoms with E-state index in [2.05, 4.69) is 27.4 Å². The molecule has 5 nitrogen and oxygen atoms in total. The second-order valence-corrected chi connectivity index (χ2v) is 6.50. The smallest absolute Gasteiger partial charge is 0.227 e. The minimum Gasteiger partial charge on any atom is -0.339 e. The molecule has 1 saturated heterocycles. The lowest BCUT2D eigenvalue weighted by molar-refractivity contribution is 0.195. The van der Waals surface area contributed by atoms with Gasteiger partial charge in [-0.05, 0) is 57.4 Å². The fourth-order valence-corrected chi connectivity index (χ4v) is 3.42. The normalized spacial score (nSPS) is 16.7. The average molecular weight is 306 g/mol. The Balaban J connectivity index is 1.45. The topological polar surface area (TPSA) is 54.2 Å². The van der Waals surface area contributed by atoms with Crippen LogP contribution >= 0.6 is 11.3 Å². The number of rotatable bonds is 6. The second-order valence-electron chi connectivity index (χ2n) is 5.55. The minimum absolute atomic E-state index is 0.715. The Morgan fingerprint density at radius 1 is 1.43 bits per heavy atom. The van der Waals surface area contributed by atoms with E-state index in [4.69, 9.17) is 4.52 Å². The van der Waals surface area contributed by atoms with E-state index in [0.717, 1.165) is 49.3 Å². The molecule has 0 amide bonds. The van der Waals surface area contributed by atoms with Crippen LogP contribution in [0.2, 0.25) is 0 Å². The van der Waals surface area contributed by atoms with Gasteiger partial charge in [-0.3, -0.25) is 0 Å². The standard InChI is InChI=1S/C15H22N4OS/c1-19(12-6-8-16-9-7-12)10-2-5-14-17-15(18-20-14)13-4-3-11-21-13/h3-4,11-12,16H,2,5-10H2,1H3. The molecule has 0 radical (unpaired) electrons. The number of nitrogens with one attached hydrogen (secondary N) is 1. The summed E-state index contributed by atoms with van der Waals surface area (Å²) in [6.45, 7) is 3.37. The zero-order chi connectivity index (χ0) is 14.5. The van der Waals surface area contributed by atoms with Gasteiger partial charge >= 0.3 is 0 Å². The van der Waals surface area contributed by atoms with Crippen molar-refractivity contribution in [2.24, 2.45) is 0 Å². The van der Waals surface area contributed by atoms with Gasteiger partial charge in [-0.1, -0.05) is 11.2 Å². The Hall–Kier alpha value is -1.24. The third-order valence-electron chi connectivity index (χ3n) is 4.04. The third-order valence-corrected chi connectivity index (χ3v) is 4.91. The van der Waals surface area contributed by atoms with Gasteiger partial charge in [0.15, 0.2) is 0 Å². The maximum atomic E-state index is 5.33. The molecule has 114 valence electrons. The number of piperidine rings is 1. The van der Waals surface area contributed by atoms with Gasteiger partial charge in [-0.2, -0.15) is 4.98 Å². The number of aromatic nitrogens is 2. The van der Waals surface area contributed by atoms with Gasteiger partial charge in [0.2, 0.25) is 11.7 Å². The summed E-state index contributed by atoms with van der Waals surface area (Å²) in [4.78, 5) is 8.00. The van der Waals surface area contributed by atoms with Gasteiger partial charge in [0, 0.05) is 12.5 Å². The highest BCUT2D eigenvalue weighted by Crippen LogP contribution is 2.21. The lowest BCUT2D eigenvalue weighted by atomic mass is 10.1. The molecule has 1 aliphatic rings. The first-order valence-electron chi connectivity index (χ1n) is 7.60. The Morgan fingerprint density at radius 2 is 2.29 bits per heavy atom. The first-order chi connectivity index (χ1) is 10.3. The van der Waals surface area contributed by atoms with Crippen molar-refractivity contribution in [1.82, 2.24) is 20.4 Å². The van der Waals surface area contributed by atoms with Crippen molar-refractivity contribution in [2.45, 2.75) is 31.7 Å². The third kappa shape index (κ3) is 3.90. The minimum atomic E-state index is 0.715. The largest absolute Gasteiger partial charge is 0.339 e. The molecule has 0 saturated carbocycles. The molecule has 1 aliphatic heterocycles. The molecule has 2 aromatic rings. The molecule has 0 unspecified atom stereocenters. The second kappa shape index (κ2) is 7.15. The fraction of sp³-hybridized carbons (Fsp3) is 0.600. The van der Waals surface area contributed by atoms with Crippen molar-refractivity contribution in [3.63, 3.8) is 0 Å². The average Bonchev–Trinajstić information content (AvgIpc) is 3.19. The van der Waals surface area contributed by atoms with Crippen LogP contribution in [0.3, 0.4) is 0 Å². The first-order valence-corrected chi connectivity index (χ1v) is 8.48. The van der Waals surface area contributed by atoms with Gasteiger partial charge in [-0.25, -0.2) is 0 Å². The lowest BCUT2D eigenvalue weighted by Gasteiger charge is -2.31. The zero-order valence-electron chi connectivity index (χ0n) is 12.4. The van der Waals surface area contributed by atoms with E-state index < -0.39 is 0 Å².